The first-order valence-electron chi connectivity index (χ1n) is 13.5. The van der Waals surface area contributed by atoms with Gasteiger partial charge in [0.1, 0.15) is 25.8 Å². The molecule has 0 aliphatic carbocycles. The number of hydrogen-bond acceptors (Lipinski definition) is 6. The van der Waals surface area contributed by atoms with Crippen molar-refractivity contribution < 1.29 is 27.5 Å². The first kappa shape index (κ1) is 31.5. The van der Waals surface area contributed by atoms with Crippen LogP contribution in [0.5, 0.6) is 11.5 Å². The van der Waals surface area contributed by atoms with Crippen LogP contribution in [0.3, 0.4) is 0 Å². The Balaban J connectivity index is 1.74. The van der Waals surface area contributed by atoms with Gasteiger partial charge in [0.2, 0.25) is 11.8 Å². The number of carbonyl (C=O) groups is 2. The molecule has 2 amide bonds. The Morgan fingerprint density at radius 1 is 0.952 bits per heavy atom. The van der Waals surface area contributed by atoms with Crippen molar-refractivity contribution in [3.8, 4) is 11.5 Å². The highest BCUT2D eigenvalue weighted by molar-refractivity contribution is 7.92. The number of halogens is 2. The largest absolute Gasteiger partial charge is 0.486 e. The molecule has 0 radical (unpaired) electrons. The predicted octanol–water partition coefficient (Wildman–Crippen LogP) is 5.29. The van der Waals surface area contributed by atoms with Gasteiger partial charge in [0.25, 0.3) is 10.0 Å². The van der Waals surface area contributed by atoms with Gasteiger partial charge in [0, 0.05) is 28.7 Å². The summed E-state index contributed by atoms with van der Waals surface area (Å²) >= 11 is 12.5. The lowest BCUT2D eigenvalue weighted by molar-refractivity contribution is -0.139. The molecule has 1 N–H and O–H groups in total. The molecule has 1 heterocycles. The molecule has 0 bridgehead atoms. The SMILES string of the molecule is CC[C@@H](C)NC(=O)[C@H](C)N(Cc1ccc(Cl)cc1Cl)C(=O)CN(c1ccc2c(c1)OCCO2)S(=O)(=O)c1ccccc1. The maximum Gasteiger partial charge on any atom is 0.264 e. The molecule has 0 fully saturated rings. The van der Waals surface area contributed by atoms with Gasteiger partial charge in [0.05, 0.1) is 10.6 Å². The van der Waals surface area contributed by atoms with E-state index in [0.29, 0.717) is 46.7 Å². The molecule has 9 nitrogen and oxygen atoms in total. The topological polar surface area (TPSA) is 105 Å². The van der Waals surface area contributed by atoms with Crippen LogP contribution in [0.25, 0.3) is 0 Å². The number of carbonyl (C=O) groups excluding carboxylic acids is 2. The molecule has 1 aliphatic rings. The smallest absolute Gasteiger partial charge is 0.264 e. The minimum absolute atomic E-state index is 0.00236. The molecule has 2 atom stereocenters. The summed E-state index contributed by atoms with van der Waals surface area (Å²) in [5.41, 5.74) is 0.757. The van der Waals surface area contributed by atoms with Gasteiger partial charge >= 0.3 is 0 Å². The zero-order chi connectivity index (χ0) is 30.4. The van der Waals surface area contributed by atoms with Crippen LogP contribution >= 0.6 is 23.2 Å². The maximum atomic E-state index is 14.1. The van der Waals surface area contributed by atoms with Gasteiger partial charge < -0.3 is 19.7 Å². The number of benzene rings is 3. The highest BCUT2D eigenvalue weighted by Crippen LogP contribution is 2.36. The van der Waals surface area contributed by atoms with E-state index >= 15 is 0 Å². The van der Waals surface area contributed by atoms with Crippen molar-refractivity contribution in [2.45, 2.75) is 50.7 Å². The molecule has 224 valence electrons. The third kappa shape index (κ3) is 7.29. The number of amides is 2. The summed E-state index contributed by atoms with van der Waals surface area (Å²) in [7, 11) is -4.22. The summed E-state index contributed by atoms with van der Waals surface area (Å²) in [6, 6.07) is 16.3. The first-order chi connectivity index (χ1) is 20.0. The van der Waals surface area contributed by atoms with Gasteiger partial charge in [-0.25, -0.2) is 8.42 Å². The summed E-state index contributed by atoms with van der Waals surface area (Å²) in [5, 5.41) is 3.63. The summed E-state index contributed by atoms with van der Waals surface area (Å²) < 4.78 is 40.2. The number of sulfonamides is 1. The summed E-state index contributed by atoms with van der Waals surface area (Å²) in [5.74, 6) is -0.143. The standard InChI is InChI=1S/C30H33Cl2N3O6S/c1-4-20(2)33-30(37)21(3)34(18-22-10-11-23(31)16-26(22)32)29(36)19-35(42(38,39)25-8-6-5-7-9-25)24-12-13-27-28(17-24)41-15-14-40-27/h5-13,16-17,20-21H,4,14-15,18-19H2,1-3H3,(H,33,37)/t20-,21+/m1/s1. The fourth-order valence-corrected chi connectivity index (χ4v) is 6.21. The molecule has 12 heteroatoms. The third-order valence-corrected chi connectivity index (χ3v) is 9.32. The van der Waals surface area contributed by atoms with Crippen LogP contribution in [0.4, 0.5) is 5.69 Å². The van der Waals surface area contributed by atoms with E-state index in [2.05, 4.69) is 5.32 Å². The van der Waals surface area contributed by atoms with Crippen molar-refractivity contribution in [3.05, 3.63) is 82.3 Å². The second-order valence-electron chi connectivity index (χ2n) is 9.90. The van der Waals surface area contributed by atoms with E-state index in [0.717, 1.165) is 4.31 Å². The molecule has 0 saturated carbocycles. The lowest BCUT2D eigenvalue weighted by atomic mass is 10.1. The predicted molar refractivity (Wildman–Crippen MR) is 163 cm³/mol. The highest BCUT2D eigenvalue weighted by Gasteiger charge is 2.33. The Morgan fingerprint density at radius 2 is 1.64 bits per heavy atom. The van der Waals surface area contributed by atoms with Gasteiger partial charge in [-0.05, 0) is 62.2 Å². The molecule has 42 heavy (non-hydrogen) atoms. The van der Waals surface area contributed by atoms with E-state index in [1.165, 1.54) is 23.1 Å². The van der Waals surface area contributed by atoms with Crippen molar-refractivity contribution in [3.63, 3.8) is 0 Å². The number of rotatable bonds is 11. The number of hydrogen-bond donors (Lipinski definition) is 1. The van der Waals surface area contributed by atoms with Crippen LogP contribution < -0.4 is 19.1 Å². The van der Waals surface area contributed by atoms with Crippen LogP contribution in [-0.4, -0.2) is 57.0 Å². The molecule has 3 aromatic carbocycles. The molecular formula is C30H33Cl2N3O6S. The minimum atomic E-state index is -4.22. The van der Waals surface area contributed by atoms with E-state index < -0.39 is 28.5 Å². The zero-order valence-corrected chi connectivity index (χ0v) is 25.9. The Kier molecular flexibility index (Phi) is 10.2. The lowest BCUT2D eigenvalue weighted by Gasteiger charge is -2.33. The van der Waals surface area contributed by atoms with Gasteiger partial charge in [-0.15, -0.1) is 0 Å². The number of nitrogens with one attached hydrogen (secondary N) is 1. The van der Waals surface area contributed by atoms with Crippen molar-refractivity contribution >= 4 is 50.7 Å². The Bertz CT molecular complexity index is 1540. The second-order valence-corrected chi connectivity index (χ2v) is 12.6. The molecular weight excluding hydrogens is 601 g/mol. The van der Waals surface area contributed by atoms with Crippen molar-refractivity contribution in [1.29, 1.82) is 0 Å². The van der Waals surface area contributed by atoms with Crippen LogP contribution in [-0.2, 0) is 26.2 Å². The first-order valence-corrected chi connectivity index (χ1v) is 15.7. The van der Waals surface area contributed by atoms with E-state index in [-0.39, 0.29) is 29.1 Å². The number of anilines is 1. The maximum absolute atomic E-state index is 14.1. The second kappa shape index (κ2) is 13.7. The normalized spacial score (nSPS) is 14.0. The Morgan fingerprint density at radius 3 is 2.31 bits per heavy atom. The average molecular weight is 635 g/mol. The van der Waals surface area contributed by atoms with Crippen molar-refractivity contribution in [2.24, 2.45) is 0 Å². The summed E-state index contributed by atoms with van der Waals surface area (Å²) in [6.45, 7) is 5.43. The van der Waals surface area contributed by atoms with E-state index in [4.69, 9.17) is 32.7 Å². The van der Waals surface area contributed by atoms with Crippen molar-refractivity contribution in [2.75, 3.05) is 24.1 Å². The van der Waals surface area contributed by atoms with Crippen LogP contribution in [0.2, 0.25) is 10.0 Å². The van der Waals surface area contributed by atoms with Crippen molar-refractivity contribution in [1.82, 2.24) is 10.2 Å². The molecule has 1 aliphatic heterocycles. The molecule has 0 saturated heterocycles. The molecule has 0 aromatic heterocycles. The molecule has 4 rings (SSSR count). The average Bonchev–Trinajstić information content (AvgIpc) is 2.99. The number of fused-ring (bicyclic) bond motifs is 1. The fraction of sp³-hybridized carbons (Fsp3) is 0.333. The van der Waals surface area contributed by atoms with Gasteiger partial charge in [-0.2, -0.15) is 0 Å². The fourth-order valence-electron chi connectivity index (χ4n) is 4.32. The monoisotopic (exact) mass is 633 g/mol. The van der Waals surface area contributed by atoms with Gasteiger partial charge in [0.15, 0.2) is 11.5 Å². The molecule has 0 spiro atoms. The zero-order valence-electron chi connectivity index (χ0n) is 23.5. The van der Waals surface area contributed by atoms with Crippen LogP contribution in [0.1, 0.15) is 32.8 Å². The quantitative estimate of drug-likeness (QED) is 0.308. The van der Waals surface area contributed by atoms with E-state index in [1.54, 1.807) is 55.5 Å². The minimum Gasteiger partial charge on any atom is -0.486 e. The summed E-state index contributed by atoms with van der Waals surface area (Å²) in [4.78, 5) is 28.6. The van der Waals surface area contributed by atoms with Crippen LogP contribution in [0, 0.1) is 0 Å². The Labute approximate surface area is 256 Å². The summed E-state index contributed by atoms with van der Waals surface area (Å²) in [6.07, 6.45) is 0.697. The van der Waals surface area contributed by atoms with Gasteiger partial charge in [-0.1, -0.05) is 54.4 Å². The van der Waals surface area contributed by atoms with Crippen LogP contribution in [0.15, 0.2) is 71.6 Å². The van der Waals surface area contributed by atoms with E-state index in [9.17, 15) is 18.0 Å². The molecule has 3 aromatic rings. The number of nitrogens with zero attached hydrogens (tertiary/aromatic N) is 2. The number of ether oxygens (including phenoxy) is 2. The highest BCUT2D eigenvalue weighted by atomic mass is 35.5. The lowest BCUT2D eigenvalue weighted by Crippen LogP contribution is -2.52. The molecule has 0 unspecified atom stereocenters. The third-order valence-electron chi connectivity index (χ3n) is 6.95. The van der Waals surface area contributed by atoms with E-state index in [1.807, 2.05) is 13.8 Å². The van der Waals surface area contributed by atoms with Gasteiger partial charge in [-0.3, -0.25) is 13.9 Å². The Hall–Kier alpha value is -3.47.